The summed E-state index contributed by atoms with van der Waals surface area (Å²) in [6.07, 6.45) is 4.51. The fourth-order valence-electron chi connectivity index (χ4n) is 1.70. The molecule has 106 valence electrons. The molecule has 0 radical (unpaired) electrons. The summed E-state index contributed by atoms with van der Waals surface area (Å²) in [5.41, 5.74) is 5.35. The Bertz CT molecular complexity index is 257. The maximum absolute atomic E-state index is 11.5. The van der Waals surface area contributed by atoms with Gasteiger partial charge in [0.15, 0.2) is 0 Å². The zero-order valence-corrected chi connectivity index (χ0v) is 11.4. The maximum Gasteiger partial charge on any atom is 0.306 e. The maximum atomic E-state index is 11.5. The monoisotopic (exact) mass is 258 g/mol. The second kappa shape index (κ2) is 9.88. The summed E-state index contributed by atoms with van der Waals surface area (Å²) >= 11 is 0. The summed E-state index contributed by atoms with van der Waals surface area (Å²) < 4.78 is 0. The molecule has 0 aliphatic heterocycles. The molecule has 0 heterocycles. The zero-order chi connectivity index (χ0) is 14.0. The molecular weight excluding hydrogens is 232 g/mol. The molecule has 2 atom stereocenters. The fraction of sp³-hybridized carbons (Fsp3) is 0.846. The van der Waals surface area contributed by atoms with Gasteiger partial charge in [-0.2, -0.15) is 0 Å². The fourth-order valence-corrected chi connectivity index (χ4v) is 1.70. The lowest BCUT2D eigenvalue weighted by atomic mass is 10.0. The first kappa shape index (κ1) is 16.9. The van der Waals surface area contributed by atoms with E-state index in [0.717, 1.165) is 25.7 Å². The van der Waals surface area contributed by atoms with Crippen LogP contribution in [0.1, 0.15) is 52.4 Å². The Hall–Kier alpha value is -1.10. The van der Waals surface area contributed by atoms with Crippen LogP contribution in [-0.2, 0) is 9.59 Å². The highest BCUT2D eigenvalue weighted by Gasteiger charge is 2.12. The van der Waals surface area contributed by atoms with Crippen molar-refractivity contribution in [3.05, 3.63) is 0 Å². The van der Waals surface area contributed by atoms with Gasteiger partial charge in [0.25, 0.3) is 0 Å². The lowest BCUT2D eigenvalue weighted by Gasteiger charge is -2.14. The predicted molar refractivity (Wildman–Crippen MR) is 71.2 cm³/mol. The van der Waals surface area contributed by atoms with Gasteiger partial charge in [-0.05, 0) is 39.2 Å². The Morgan fingerprint density at radius 1 is 1.17 bits per heavy atom. The van der Waals surface area contributed by atoms with Crippen molar-refractivity contribution in [1.29, 1.82) is 0 Å². The van der Waals surface area contributed by atoms with Gasteiger partial charge < -0.3 is 16.2 Å². The van der Waals surface area contributed by atoms with Crippen molar-refractivity contribution < 1.29 is 14.7 Å². The van der Waals surface area contributed by atoms with Gasteiger partial charge in [0, 0.05) is 12.5 Å². The Labute approximate surface area is 109 Å². The van der Waals surface area contributed by atoms with Crippen LogP contribution in [0.4, 0.5) is 0 Å². The number of hydrogen-bond donors (Lipinski definition) is 3. The predicted octanol–water partition coefficient (Wildman–Crippen LogP) is 1.51. The van der Waals surface area contributed by atoms with Crippen LogP contribution in [-0.4, -0.2) is 29.6 Å². The molecule has 4 N–H and O–H groups in total. The molecule has 5 heteroatoms. The van der Waals surface area contributed by atoms with Gasteiger partial charge in [-0.15, -0.1) is 0 Å². The summed E-state index contributed by atoms with van der Waals surface area (Å²) in [5, 5.41) is 11.6. The molecule has 5 nitrogen and oxygen atoms in total. The minimum atomic E-state index is -0.756. The van der Waals surface area contributed by atoms with E-state index in [2.05, 4.69) is 5.32 Å². The van der Waals surface area contributed by atoms with Crippen LogP contribution < -0.4 is 11.1 Å². The second-order valence-electron chi connectivity index (χ2n) is 4.88. The number of hydrogen-bond acceptors (Lipinski definition) is 3. The number of carboxylic acid groups (broad SMARTS) is 1. The van der Waals surface area contributed by atoms with Crippen LogP contribution in [0.3, 0.4) is 0 Å². The van der Waals surface area contributed by atoms with Crippen LogP contribution in [0.2, 0.25) is 0 Å². The van der Waals surface area contributed by atoms with Gasteiger partial charge in [-0.3, -0.25) is 9.59 Å². The Morgan fingerprint density at radius 3 is 2.39 bits per heavy atom. The van der Waals surface area contributed by atoms with Gasteiger partial charge in [0.05, 0.1) is 5.92 Å². The molecule has 0 saturated heterocycles. The smallest absolute Gasteiger partial charge is 0.306 e. The van der Waals surface area contributed by atoms with Crippen molar-refractivity contribution in [1.82, 2.24) is 5.32 Å². The molecule has 0 spiro atoms. The minimum absolute atomic E-state index is 0.0576. The Kier molecular flexibility index (Phi) is 9.28. The first-order valence-electron chi connectivity index (χ1n) is 6.69. The number of nitrogens with two attached hydrogens (primary N) is 1. The average Bonchev–Trinajstić information content (AvgIpc) is 2.28. The molecule has 0 fully saturated rings. The number of aliphatic carboxylic acids is 1. The third kappa shape index (κ3) is 8.98. The van der Waals surface area contributed by atoms with E-state index < -0.39 is 5.97 Å². The topological polar surface area (TPSA) is 92.4 Å². The summed E-state index contributed by atoms with van der Waals surface area (Å²) in [5.74, 6) is -1.01. The highest BCUT2D eigenvalue weighted by atomic mass is 16.4. The van der Waals surface area contributed by atoms with Crippen molar-refractivity contribution in [2.75, 3.05) is 6.54 Å². The van der Waals surface area contributed by atoms with E-state index in [1.807, 2.05) is 6.92 Å². The van der Waals surface area contributed by atoms with Gasteiger partial charge in [-0.1, -0.05) is 13.3 Å². The summed E-state index contributed by atoms with van der Waals surface area (Å²) in [6, 6.07) is 0.108. The largest absolute Gasteiger partial charge is 0.481 e. The molecule has 0 aromatic rings. The number of carbonyl (C=O) groups excluding carboxylic acids is 1. The SMILES string of the molecule is CC(CCCC(C)C(=O)O)NC(=O)CCCCN. The number of carboxylic acids is 1. The Balaban J connectivity index is 3.61. The van der Waals surface area contributed by atoms with Crippen molar-refractivity contribution in [3.8, 4) is 0 Å². The average molecular weight is 258 g/mol. The lowest BCUT2D eigenvalue weighted by Crippen LogP contribution is -2.32. The number of rotatable bonds is 10. The molecule has 18 heavy (non-hydrogen) atoms. The van der Waals surface area contributed by atoms with E-state index in [-0.39, 0.29) is 17.9 Å². The third-order valence-electron chi connectivity index (χ3n) is 2.96. The van der Waals surface area contributed by atoms with Crippen molar-refractivity contribution in [2.45, 2.75) is 58.4 Å². The molecule has 0 aliphatic rings. The standard InChI is InChI=1S/C13H26N2O3/c1-10(13(17)18)6-5-7-11(2)15-12(16)8-3-4-9-14/h10-11H,3-9,14H2,1-2H3,(H,15,16)(H,17,18). The number of amides is 1. The van der Waals surface area contributed by atoms with Crippen LogP contribution >= 0.6 is 0 Å². The molecule has 0 aliphatic carbocycles. The highest BCUT2D eigenvalue weighted by molar-refractivity contribution is 5.76. The lowest BCUT2D eigenvalue weighted by molar-refractivity contribution is -0.141. The Morgan fingerprint density at radius 2 is 1.83 bits per heavy atom. The number of nitrogens with one attached hydrogen (secondary N) is 1. The minimum Gasteiger partial charge on any atom is -0.481 e. The quantitative estimate of drug-likeness (QED) is 0.518. The molecule has 0 saturated carbocycles. The van der Waals surface area contributed by atoms with Crippen LogP contribution in [0.25, 0.3) is 0 Å². The molecular formula is C13H26N2O3. The van der Waals surface area contributed by atoms with Gasteiger partial charge in [0.1, 0.15) is 0 Å². The van der Waals surface area contributed by atoms with Gasteiger partial charge in [0.2, 0.25) is 5.91 Å². The van der Waals surface area contributed by atoms with Crippen LogP contribution in [0.5, 0.6) is 0 Å². The van der Waals surface area contributed by atoms with Crippen molar-refractivity contribution in [2.24, 2.45) is 11.7 Å². The van der Waals surface area contributed by atoms with E-state index in [4.69, 9.17) is 10.8 Å². The highest BCUT2D eigenvalue weighted by Crippen LogP contribution is 2.09. The first-order valence-corrected chi connectivity index (χ1v) is 6.69. The van der Waals surface area contributed by atoms with Gasteiger partial charge >= 0.3 is 5.97 Å². The van der Waals surface area contributed by atoms with E-state index in [9.17, 15) is 9.59 Å². The van der Waals surface area contributed by atoms with Crippen molar-refractivity contribution >= 4 is 11.9 Å². The summed E-state index contributed by atoms with van der Waals surface area (Å²) in [6.45, 7) is 4.28. The normalized spacial score (nSPS) is 13.9. The molecule has 0 aromatic heterocycles. The molecule has 0 bridgehead atoms. The first-order chi connectivity index (χ1) is 8.47. The number of unbranched alkanes of at least 4 members (excludes halogenated alkanes) is 1. The third-order valence-corrected chi connectivity index (χ3v) is 2.96. The van der Waals surface area contributed by atoms with Gasteiger partial charge in [-0.25, -0.2) is 0 Å². The van der Waals surface area contributed by atoms with E-state index in [1.54, 1.807) is 6.92 Å². The van der Waals surface area contributed by atoms with Crippen LogP contribution in [0.15, 0.2) is 0 Å². The molecule has 0 rings (SSSR count). The number of carbonyl (C=O) groups is 2. The second-order valence-corrected chi connectivity index (χ2v) is 4.88. The van der Waals surface area contributed by atoms with Crippen LogP contribution in [0, 0.1) is 5.92 Å². The van der Waals surface area contributed by atoms with E-state index in [1.165, 1.54) is 0 Å². The van der Waals surface area contributed by atoms with Crippen molar-refractivity contribution in [3.63, 3.8) is 0 Å². The zero-order valence-electron chi connectivity index (χ0n) is 11.4. The molecule has 2 unspecified atom stereocenters. The molecule has 1 amide bonds. The van der Waals surface area contributed by atoms with E-state index >= 15 is 0 Å². The molecule has 0 aromatic carbocycles. The summed E-state index contributed by atoms with van der Waals surface area (Å²) in [7, 11) is 0. The van der Waals surface area contributed by atoms with E-state index in [0.29, 0.717) is 19.4 Å². The summed E-state index contributed by atoms with van der Waals surface area (Å²) in [4.78, 5) is 22.1.